The van der Waals surface area contributed by atoms with Gasteiger partial charge in [-0.05, 0) is 19.3 Å². The van der Waals surface area contributed by atoms with Crippen LogP contribution in [0.4, 0.5) is 0 Å². The molecule has 0 spiro atoms. The number of carbonyl (C=O) groups is 4. The summed E-state index contributed by atoms with van der Waals surface area (Å²) in [5.41, 5.74) is -0.487. The third-order valence-corrected chi connectivity index (χ3v) is 4.51. The van der Waals surface area contributed by atoms with Crippen molar-refractivity contribution in [2.75, 3.05) is 26.2 Å². The van der Waals surface area contributed by atoms with Gasteiger partial charge in [-0.15, -0.1) is 0 Å². The number of nitrogens with zero attached hydrogens (tertiary/aromatic N) is 2. The van der Waals surface area contributed by atoms with Gasteiger partial charge in [0.25, 0.3) is 0 Å². The number of amides is 3. The zero-order valence-corrected chi connectivity index (χ0v) is 16.2. The van der Waals surface area contributed by atoms with Gasteiger partial charge in [0.05, 0.1) is 0 Å². The van der Waals surface area contributed by atoms with E-state index < -0.39 is 11.4 Å². The van der Waals surface area contributed by atoms with Crippen molar-refractivity contribution < 1.29 is 24.3 Å². The van der Waals surface area contributed by atoms with Gasteiger partial charge in [0.15, 0.2) is 0 Å². The van der Waals surface area contributed by atoms with E-state index in [0.717, 1.165) is 0 Å². The van der Waals surface area contributed by atoms with Crippen LogP contribution in [0, 0.1) is 5.41 Å². The minimum absolute atomic E-state index is 0.0348. The van der Waals surface area contributed by atoms with Crippen LogP contribution in [0.3, 0.4) is 0 Å². The van der Waals surface area contributed by atoms with E-state index in [2.05, 4.69) is 5.32 Å². The summed E-state index contributed by atoms with van der Waals surface area (Å²) in [5, 5.41) is 11.7. The number of rotatable bonds is 6. The maximum absolute atomic E-state index is 12.4. The van der Waals surface area contributed by atoms with Gasteiger partial charge in [0, 0.05) is 44.4 Å². The summed E-state index contributed by atoms with van der Waals surface area (Å²) in [4.78, 5) is 50.0. The lowest BCUT2D eigenvalue weighted by atomic mass is 9.96. The Morgan fingerprint density at radius 3 is 2.35 bits per heavy atom. The van der Waals surface area contributed by atoms with Crippen molar-refractivity contribution in [1.82, 2.24) is 15.1 Å². The molecular weight excluding hydrogens is 338 g/mol. The Balaban J connectivity index is 2.52. The Labute approximate surface area is 154 Å². The van der Waals surface area contributed by atoms with E-state index in [0.29, 0.717) is 38.9 Å². The van der Waals surface area contributed by atoms with Gasteiger partial charge in [-0.1, -0.05) is 20.8 Å². The number of hydrogen-bond acceptors (Lipinski definition) is 4. The summed E-state index contributed by atoms with van der Waals surface area (Å²) < 4.78 is 0. The molecule has 8 heteroatoms. The van der Waals surface area contributed by atoms with Crippen LogP contribution in [0.15, 0.2) is 0 Å². The smallest absolute Gasteiger partial charge is 0.323 e. The molecule has 8 nitrogen and oxygen atoms in total. The molecule has 0 aromatic carbocycles. The molecule has 1 atom stereocenters. The highest BCUT2D eigenvalue weighted by Crippen LogP contribution is 2.18. The van der Waals surface area contributed by atoms with Gasteiger partial charge in [-0.3, -0.25) is 19.2 Å². The molecule has 0 bridgehead atoms. The molecule has 0 aromatic rings. The highest BCUT2D eigenvalue weighted by Gasteiger charge is 2.27. The second-order valence-electron chi connectivity index (χ2n) is 7.76. The van der Waals surface area contributed by atoms with Crippen LogP contribution in [0.5, 0.6) is 0 Å². The number of nitrogens with one attached hydrogen (secondary N) is 1. The van der Waals surface area contributed by atoms with Gasteiger partial charge < -0.3 is 20.2 Å². The van der Waals surface area contributed by atoms with Crippen molar-refractivity contribution in [3.05, 3.63) is 0 Å². The molecule has 26 heavy (non-hydrogen) atoms. The Kier molecular flexibility index (Phi) is 8.05. The van der Waals surface area contributed by atoms with E-state index >= 15 is 0 Å². The van der Waals surface area contributed by atoms with E-state index in [1.54, 1.807) is 4.90 Å². The van der Waals surface area contributed by atoms with E-state index in [4.69, 9.17) is 5.11 Å². The first kappa shape index (κ1) is 21.9. The molecule has 1 fully saturated rings. The Morgan fingerprint density at radius 2 is 1.81 bits per heavy atom. The number of hydrogen-bond donors (Lipinski definition) is 2. The van der Waals surface area contributed by atoms with E-state index in [1.165, 1.54) is 11.8 Å². The fourth-order valence-corrected chi connectivity index (χ4v) is 2.99. The molecule has 0 aliphatic carbocycles. The summed E-state index contributed by atoms with van der Waals surface area (Å²) in [5.74, 6) is -1.42. The molecule has 0 radical (unpaired) electrons. The summed E-state index contributed by atoms with van der Waals surface area (Å²) in [7, 11) is 0. The van der Waals surface area contributed by atoms with Crippen LogP contribution in [0.25, 0.3) is 0 Å². The van der Waals surface area contributed by atoms with Crippen LogP contribution < -0.4 is 5.32 Å². The van der Waals surface area contributed by atoms with Crippen molar-refractivity contribution in [3.8, 4) is 0 Å². The monoisotopic (exact) mass is 369 g/mol. The van der Waals surface area contributed by atoms with Crippen LogP contribution in [-0.4, -0.2) is 70.8 Å². The van der Waals surface area contributed by atoms with Crippen molar-refractivity contribution in [2.24, 2.45) is 5.41 Å². The lowest BCUT2D eigenvalue weighted by Gasteiger charge is -2.29. The first-order valence-electron chi connectivity index (χ1n) is 9.07. The number of carboxylic acid groups (broad SMARTS) is 1. The van der Waals surface area contributed by atoms with Crippen LogP contribution >= 0.6 is 0 Å². The molecule has 0 aromatic heterocycles. The second-order valence-corrected chi connectivity index (χ2v) is 7.76. The van der Waals surface area contributed by atoms with Gasteiger partial charge in [-0.2, -0.15) is 0 Å². The van der Waals surface area contributed by atoms with Gasteiger partial charge in [0.1, 0.15) is 6.54 Å². The normalized spacial score (nSPS) is 18.0. The molecule has 1 heterocycles. The number of carbonyl (C=O) groups excluding carboxylic acids is 3. The molecule has 1 aliphatic heterocycles. The summed E-state index contributed by atoms with van der Waals surface area (Å²) in [6.45, 7) is 7.88. The zero-order valence-electron chi connectivity index (χ0n) is 16.2. The minimum Gasteiger partial charge on any atom is -0.480 e. The molecule has 0 saturated carbocycles. The summed E-state index contributed by atoms with van der Waals surface area (Å²) in [6, 6.07) is -0.165. The molecule has 1 rings (SSSR count). The topological polar surface area (TPSA) is 107 Å². The maximum Gasteiger partial charge on any atom is 0.323 e. The third kappa shape index (κ3) is 7.01. The van der Waals surface area contributed by atoms with Gasteiger partial charge in [-0.25, -0.2) is 0 Å². The van der Waals surface area contributed by atoms with Crippen LogP contribution in [0.2, 0.25) is 0 Å². The third-order valence-electron chi connectivity index (χ3n) is 4.51. The van der Waals surface area contributed by atoms with Crippen molar-refractivity contribution in [2.45, 2.75) is 59.4 Å². The fourth-order valence-electron chi connectivity index (χ4n) is 2.99. The Morgan fingerprint density at radius 1 is 1.15 bits per heavy atom. The number of aliphatic carboxylic acids is 1. The van der Waals surface area contributed by atoms with E-state index in [1.807, 2.05) is 20.8 Å². The zero-order chi connectivity index (χ0) is 19.9. The number of likely N-dealkylation sites (tertiary alicyclic amines) is 1. The second kappa shape index (κ2) is 9.54. The van der Waals surface area contributed by atoms with Crippen LogP contribution in [0.1, 0.15) is 53.4 Å². The van der Waals surface area contributed by atoms with Gasteiger partial charge >= 0.3 is 5.97 Å². The molecule has 1 unspecified atom stereocenters. The Bertz CT molecular complexity index is 541. The first-order chi connectivity index (χ1) is 12.0. The SMILES string of the molecule is CC(=O)N(CC(=O)O)C1CCCN(C(=O)CCNC(=O)C(C)(C)C)CC1. The van der Waals surface area contributed by atoms with Crippen molar-refractivity contribution >= 4 is 23.7 Å². The lowest BCUT2D eigenvalue weighted by Crippen LogP contribution is -2.43. The van der Waals surface area contributed by atoms with Crippen molar-refractivity contribution in [3.63, 3.8) is 0 Å². The predicted molar refractivity (Wildman–Crippen MR) is 96.3 cm³/mol. The molecular formula is C18H31N3O5. The highest BCUT2D eigenvalue weighted by atomic mass is 16.4. The molecule has 1 saturated heterocycles. The number of carboxylic acids is 1. The first-order valence-corrected chi connectivity index (χ1v) is 9.07. The largest absolute Gasteiger partial charge is 0.480 e. The van der Waals surface area contributed by atoms with Crippen LogP contribution in [-0.2, 0) is 19.2 Å². The van der Waals surface area contributed by atoms with E-state index in [9.17, 15) is 19.2 Å². The molecule has 3 amide bonds. The molecule has 148 valence electrons. The van der Waals surface area contributed by atoms with E-state index in [-0.39, 0.29) is 36.7 Å². The summed E-state index contributed by atoms with van der Waals surface area (Å²) >= 11 is 0. The predicted octanol–water partition coefficient (Wildman–Crippen LogP) is 0.853. The molecule has 1 aliphatic rings. The van der Waals surface area contributed by atoms with Crippen molar-refractivity contribution in [1.29, 1.82) is 0 Å². The maximum atomic E-state index is 12.4. The average Bonchev–Trinajstić information content (AvgIpc) is 2.76. The Hall–Kier alpha value is -2.12. The summed E-state index contributed by atoms with van der Waals surface area (Å²) in [6.07, 6.45) is 2.19. The lowest BCUT2D eigenvalue weighted by molar-refractivity contribution is -0.145. The standard InChI is InChI=1S/C18H31N3O5/c1-13(22)21(12-16(24)25)14-6-5-10-20(11-8-14)15(23)7-9-19-17(26)18(2,3)4/h14H,5-12H2,1-4H3,(H,19,26)(H,24,25). The fraction of sp³-hybridized carbons (Fsp3) is 0.778. The minimum atomic E-state index is -1.04. The quantitative estimate of drug-likeness (QED) is 0.722. The van der Waals surface area contributed by atoms with Gasteiger partial charge in [0.2, 0.25) is 17.7 Å². The molecule has 2 N–H and O–H groups in total. The average molecular weight is 369 g/mol. The highest BCUT2D eigenvalue weighted by molar-refractivity contribution is 5.82.